The van der Waals surface area contributed by atoms with Crippen LogP contribution in [0.4, 0.5) is 10.1 Å². The number of carbonyl (C=O) groups is 1. The van der Waals surface area contributed by atoms with Crippen LogP contribution in [0.3, 0.4) is 0 Å². The highest BCUT2D eigenvalue weighted by atomic mass is 79.9. The monoisotopic (exact) mass is 387 g/mol. The standard InChI is InChI=1S/C18H15BrFN3O/c1-11-17(18(24)21-15-5-3-4-14(20)10-15)12(2)23(22-11)16-8-6-13(19)7-9-16/h3-10H,1-2H3,(H,21,24). The molecule has 2 aromatic carbocycles. The van der Waals surface area contributed by atoms with E-state index in [0.717, 1.165) is 15.9 Å². The molecular weight excluding hydrogens is 373 g/mol. The van der Waals surface area contributed by atoms with Gasteiger partial charge in [0, 0.05) is 10.2 Å². The van der Waals surface area contributed by atoms with Crippen LogP contribution in [0.2, 0.25) is 0 Å². The second-order valence-corrected chi connectivity index (χ2v) is 6.31. The third-order valence-electron chi connectivity index (χ3n) is 3.67. The van der Waals surface area contributed by atoms with Crippen molar-refractivity contribution >= 4 is 27.5 Å². The summed E-state index contributed by atoms with van der Waals surface area (Å²) in [6, 6.07) is 13.5. The molecular formula is C18H15BrFN3O. The van der Waals surface area contributed by atoms with Gasteiger partial charge >= 0.3 is 0 Å². The number of nitrogens with one attached hydrogen (secondary N) is 1. The summed E-state index contributed by atoms with van der Waals surface area (Å²) >= 11 is 3.40. The van der Waals surface area contributed by atoms with Gasteiger partial charge in [0.25, 0.3) is 5.91 Å². The van der Waals surface area contributed by atoms with Gasteiger partial charge in [0.15, 0.2) is 0 Å². The van der Waals surface area contributed by atoms with Crippen LogP contribution in [0.1, 0.15) is 21.7 Å². The molecule has 0 bridgehead atoms. The molecule has 1 N–H and O–H groups in total. The van der Waals surface area contributed by atoms with E-state index >= 15 is 0 Å². The van der Waals surface area contributed by atoms with Gasteiger partial charge in [-0.2, -0.15) is 5.10 Å². The van der Waals surface area contributed by atoms with Crippen molar-refractivity contribution in [3.05, 3.63) is 75.8 Å². The molecule has 122 valence electrons. The van der Waals surface area contributed by atoms with E-state index in [2.05, 4.69) is 26.3 Å². The second-order valence-electron chi connectivity index (χ2n) is 5.40. The van der Waals surface area contributed by atoms with Crippen molar-refractivity contribution in [2.45, 2.75) is 13.8 Å². The summed E-state index contributed by atoms with van der Waals surface area (Å²) in [5, 5.41) is 7.17. The average molecular weight is 388 g/mol. The van der Waals surface area contributed by atoms with Gasteiger partial charge in [-0.25, -0.2) is 9.07 Å². The van der Waals surface area contributed by atoms with Crippen molar-refractivity contribution in [2.24, 2.45) is 0 Å². The first kappa shape index (κ1) is 16.4. The van der Waals surface area contributed by atoms with Crippen LogP contribution in [0.5, 0.6) is 0 Å². The van der Waals surface area contributed by atoms with Crippen LogP contribution in [0.15, 0.2) is 53.0 Å². The SMILES string of the molecule is Cc1nn(-c2ccc(Br)cc2)c(C)c1C(=O)Nc1cccc(F)c1. The predicted molar refractivity (Wildman–Crippen MR) is 95.1 cm³/mol. The summed E-state index contributed by atoms with van der Waals surface area (Å²) in [5.41, 5.74) is 3.11. The molecule has 0 saturated carbocycles. The molecule has 0 fully saturated rings. The minimum atomic E-state index is -0.396. The maximum atomic E-state index is 13.3. The van der Waals surface area contributed by atoms with Crippen molar-refractivity contribution in [2.75, 3.05) is 5.32 Å². The molecule has 4 nitrogen and oxygen atoms in total. The Kier molecular flexibility index (Phi) is 4.49. The minimum Gasteiger partial charge on any atom is -0.322 e. The summed E-state index contributed by atoms with van der Waals surface area (Å²) < 4.78 is 16.0. The zero-order valence-corrected chi connectivity index (χ0v) is 14.8. The first-order valence-electron chi connectivity index (χ1n) is 7.35. The van der Waals surface area contributed by atoms with Gasteiger partial charge in [-0.15, -0.1) is 0 Å². The Morgan fingerprint density at radius 1 is 1.17 bits per heavy atom. The van der Waals surface area contributed by atoms with Crippen LogP contribution < -0.4 is 5.32 Å². The van der Waals surface area contributed by atoms with E-state index in [1.165, 1.54) is 12.1 Å². The first-order valence-corrected chi connectivity index (χ1v) is 8.14. The average Bonchev–Trinajstić information content (AvgIpc) is 2.83. The van der Waals surface area contributed by atoms with Crippen molar-refractivity contribution in [1.29, 1.82) is 0 Å². The summed E-state index contributed by atoms with van der Waals surface area (Å²) in [7, 11) is 0. The molecule has 0 spiro atoms. The number of aromatic nitrogens is 2. The first-order chi connectivity index (χ1) is 11.5. The number of halogens is 2. The molecule has 1 heterocycles. The van der Waals surface area contributed by atoms with Crippen LogP contribution >= 0.6 is 15.9 Å². The van der Waals surface area contributed by atoms with E-state index in [-0.39, 0.29) is 5.91 Å². The summed E-state index contributed by atoms with van der Waals surface area (Å²) in [6.45, 7) is 3.62. The van der Waals surface area contributed by atoms with E-state index < -0.39 is 5.82 Å². The van der Waals surface area contributed by atoms with E-state index in [0.29, 0.717) is 16.9 Å². The second kappa shape index (κ2) is 6.57. The molecule has 3 aromatic rings. The van der Waals surface area contributed by atoms with Gasteiger partial charge in [0.1, 0.15) is 5.82 Å². The number of hydrogen-bond donors (Lipinski definition) is 1. The third-order valence-corrected chi connectivity index (χ3v) is 4.20. The Balaban J connectivity index is 1.94. The lowest BCUT2D eigenvalue weighted by atomic mass is 10.1. The topological polar surface area (TPSA) is 46.9 Å². The Labute approximate surface area is 147 Å². The normalized spacial score (nSPS) is 10.7. The Morgan fingerprint density at radius 3 is 2.54 bits per heavy atom. The summed E-state index contributed by atoms with van der Waals surface area (Å²) in [6.07, 6.45) is 0. The van der Waals surface area contributed by atoms with Gasteiger partial charge in [0.05, 0.1) is 22.6 Å². The quantitative estimate of drug-likeness (QED) is 0.711. The fraction of sp³-hybridized carbons (Fsp3) is 0.111. The minimum absolute atomic E-state index is 0.307. The molecule has 3 rings (SSSR count). The molecule has 0 aliphatic carbocycles. The number of carbonyl (C=O) groups excluding carboxylic acids is 1. The fourth-order valence-electron chi connectivity index (χ4n) is 2.56. The highest BCUT2D eigenvalue weighted by Gasteiger charge is 2.19. The van der Waals surface area contributed by atoms with Crippen LogP contribution in [-0.4, -0.2) is 15.7 Å². The summed E-state index contributed by atoms with van der Waals surface area (Å²) in [4.78, 5) is 12.6. The lowest BCUT2D eigenvalue weighted by molar-refractivity contribution is 0.102. The Morgan fingerprint density at radius 2 is 1.88 bits per heavy atom. The maximum absolute atomic E-state index is 13.3. The Hall–Kier alpha value is -2.47. The van der Waals surface area contributed by atoms with Crippen LogP contribution in [0.25, 0.3) is 5.69 Å². The molecule has 1 aromatic heterocycles. The highest BCUT2D eigenvalue weighted by Crippen LogP contribution is 2.21. The molecule has 6 heteroatoms. The lowest BCUT2D eigenvalue weighted by Gasteiger charge is -2.07. The molecule has 0 atom stereocenters. The Bertz CT molecular complexity index is 903. The number of amides is 1. The number of hydrogen-bond acceptors (Lipinski definition) is 2. The van der Waals surface area contributed by atoms with Crippen molar-refractivity contribution in [1.82, 2.24) is 9.78 Å². The van der Waals surface area contributed by atoms with E-state index in [9.17, 15) is 9.18 Å². The van der Waals surface area contributed by atoms with Gasteiger partial charge in [-0.05, 0) is 56.3 Å². The molecule has 24 heavy (non-hydrogen) atoms. The van der Waals surface area contributed by atoms with Crippen molar-refractivity contribution in [3.8, 4) is 5.69 Å². The number of benzene rings is 2. The van der Waals surface area contributed by atoms with Crippen LogP contribution in [-0.2, 0) is 0 Å². The van der Waals surface area contributed by atoms with Crippen molar-refractivity contribution < 1.29 is 9.18 Å². The zero-order chi connectivity index (χ0) is 17.3. The highest BCUT2D eigenvalue weighted by molar-refractivity contribution is 9.10. The maximum Gasteiger partial charge on any atom is 0.259 e. The zero-order valence-electron chi connectivity index (χ0n) is 13.2. The van der Waals surface area contributed by atoms with Gasteiger partial charge < -0.3 is 5.32 Å². The molecule has 0 aliphatic heterocycles. The lowest BCUT2D eigenvalue weighted by Crippen LogP contribution is -2.14. The van der Waals surface area contributed by atoms with E-state index in [1.54, 1.807) is 23.7 Å². The molecule has 0 radical (unpaired) electrons. The summed E-state index contributed by atoms with van der Waals surface area (Å²) in [5.74, 6) is -0.703. The largest absolute Gasteiger partial charge is 0.322 e. The molecule has 1 amide bonds. The van der Waals surface area contributed by atoms with E-state index in [4.69, 9.17) is 0 Å². The third kappa shape index (κ3) is 3.23. The fourth-order valence-corrected chi connectivity index (χ4v) is 2.83. The number of anilines is 1. The molecule has 0 aliphatic rings. The van der Waals surface area contributed by atoms with Crippen molar-refractivity contribution in [3.63, 3.8) is 0 Å². The smallest absolute Gasteiger partial charge is 0.259 e. The molecule has 0 unspecified atom stereocenters. The van der Waals surface area contributed by atoms with Gasteiger partial charge in [-0.3, -0.25) is 4.79 Å². The number of rotatable bonds is 3. The number of nitrogens with zero attached hydrogens (tertiary/aromatic N) is 2. The van der Waals surface area contributed by atoms with Gasteiger partial charge in [-0.1, -0.05) is 22.0 Å². The van der Waals surface area contributed by atoms with E-state index in [1.807, 2.05) is 31.2 Å². The number of aryl methyl sites for hydroxylation is 1. The predicted octanol–water partition coefficient (Wildman–Crippen LogP) is 4.64. The van der Waals surface area contributed by atoms with Crippen LogP contribution in [0, 0.1) is 19.7 Å². The molecule has 0 saturated heterocycles. The van der Waals surface area contributed by atoms with Gasteiger partial charge in [0.2, 0.25) is 0 Å².